The Labute approximate surface area is 148 Å². The number of H-pyrrole nitrogens is 1. The van der Waals surface area contributed by atoms with Crippen molar-refractivity contribution in [2.24, 2.45) is 11.8 Å². The zero-order chi connectivity index (χ0) is 17.1. The minimum atomic E-state index is -0.258. The summed E-state index contributed by atoms with van der Waals surface area (Å²) in [5.41, 5.74) is 4.10. The lowest BCUT2D eigenvalue weighted by molar-refractivity contribution is -0.131. The molecule has 4 aliphatic rings. The summed E-state index contributed by atoms with van der Waals surface area (Å²) in [4.78, 5) is 17.8. The number of ether oxygens (including phenoxy) is 1. The van der Waals surface area contributed by atoms with E-state index in [1.807, 2.05) is 12.1 Å². The molecule has 2 aromatic rings. The molecule has 6 rings (SSSR count). The number of nitrogens with one attached hydrogen (secondary N) is 1. The zero-order valence-electron chi connectivity index (χ0n) is 15.0. The number of aromatic amines is 1. The summed E-state index contributed by atoms with van der Waals surface area (Å²) in [5.74, 6) is 2.73. The summed E-state index contributed by atoms with van der Waals surface area (Å²) >= 11 is 0. The van der Waals surface area contributed by atoms with Gasteiger partial charge in [-0.1, -0.05) is 13.3 Å². The lowest BCUT2D eigenvalue weighted by atomic mass is 9.65. The van der Waals surface area contributed by atoms with Gasteiger partial charge in [0.25, 0.3) is 0 Å². The van der Waals surface area contributed by atoms with Crippen molar-refractivity contribution in [3.05, 3.63) is 29.5 Å². The molecule has 0 radical (unpaired) electrons. The number of carbonyl (C=O) groups excluding carboxylic acids is 1. The largest absolute Gasteiger partial charge is 0.427 e. The predicted molar refractivity (Wildman–Crippen MR) is 97.9 cm³/mol. The first-order chi connectivity index (χ1) is 12.1. The zero-order valence-corrected chi connectivity index (χ0v) is 15.0. The highest BCUT2D eigenvalue weighted by Gasteiger charge is 2.48. The molecule has 5 atom stereocenters. The van der Waals surface area contributed by atoms with Crippen molar-refractivity contribution in [2.45, 2.75) is 51.5 Å². The van der Waals surface area contributed by atoms with Gasteiger partial charge in [-0.25, -0.2) is 0 Å². The van der Waals surface area contributed by atoms with Crippen molar-refractivity contribution in [1.82, 2.24) is 9.88 Å². The fourth-order valence-electron chi connectivity index (χ4n) is 5.90. The minimum absolute atomic E-state index is 0.258. The van der Waals surface area contributed by atoms with Crippen LogP contribution in [-0.4, -0.2) is 35.0 Å². The number of hydrogen-bond donors (Lipinski definition) is 1. The van der Waals surface area contributed by atoms with E-state index < -0.39 is 0 Å². The molecule has 1 saturated carbocycles. The second kappa shape index (κ2) is 5.60. The Morgan fingerprint density at radius 2 is 2.24 bits per heavy atom. The first kappa shape index (κ1) is 15.4. The van der Waals surface area contributed by atoms with Gasteiger partial charge in [0.2, 0.25) is 0 Å². The van der Waals surface area contributed by atoms with Crippen LogP contribution in [0.1, 0.15) is 50.3 Å². The number of nitrogens with zero attached hydrogens (tertiary/aromatic N) is 1. The number of carbonyl (C=O) groups is 1. The Balaban J connectivity index is 1.61. The molecule has 1 N–H and O–H groups in total. The molecule has 0 amide bonds. The third-order valence-electron chi connectivity index (χ3n) is 6.75. The molecule has 1 aliphatic carbocycles. The van der Waals surface area contributed by atoms with E-state index in [2.05, 4.69) is 22.9 Å². The Hall–Kier alpha value is -1.81. The van der Waals surface area contributed by atoms with Crippen molar-refractivity contribution in [3.8, 4) is 5.75 Å². The third kappa shape index (κ3) is 2.34. The number of esters is 1. The maximum absolute atomic E-state index is 11.3. The number of hydrogen-bond acceptors (Lipinski definition) is 3. The van der Waals surface area contributed by atoms with Crippen LogP contribution in [0.15, 0.2) is 18.2 Å². The number of aromatic nitrogens is 1. The molecule has 3 aliphatic heterocycles. The maximum Gasteiger partial charge on any atom is 0.308 e. The maximum atomic E-state index is 11.3. The van der Waals surface area contributed by atoms with Gasteiger partial charge in [-0.2, -0.15) is 0 Å². The average Bonchev–Trinajstić information content (AvgIpc) is 2.91. The van der Waals surface area contributed by atoms with Crippen LogP contribution in [0, 0.1) is 11.8 Å². The van der Waals surface area contributed by atoms with Crippen molar-refractivity contribution in [2.75, 3.05) is 13.1 Å². The quantitative estimate of drug-likeness (QED) is 0.668. The first-order valence-corrected chi connectivity index (χ1v) is 9.71. The number of benzene rings is 1. The molecule has 1 aromatic carbocycles. The molecule has 2 saturated heterocycles. The first-order valence-electron chi connectivity index (χ1n) is 9.71. The molecule has 4 heterocycles. The van der Waals surface area contributed by atoms with Crippen molar-refractivity contribution in [1.29, 1.82) is 0 Å². The fourth-order valence-corrected chi connectivity index (χ4v) is 5.90. The molecule has 4 heteroatoms. The molecule has 1 aromatic heterocycles. The van der Waals surface area contributed by atoms with Gasteiger partial charge in [-0.05, 0) is 54.9 Å². The topological polar surface area (TPSA) is 45.3 Å². The smallest absolute Gasteiger partial charge is 0.308 e. The van der Waals surface area contributed by atoms with Gasteiger partial charge >= 0.3 is 5.97 Å². The molecule has 132 valence electrons. The van der Waals surface area contributed by atoms with Gasteiger partial charge in [-0.3, -0.25) is 9.69 Å². The van der Waals surface area contributed by atoms with Crippen molar-refractivity contribution < 1.29 is 9.53 Å². The molecule has 4 nitrogen and oxygen atoms in total. The van der Waals surface area contributed by atoms with E-state index in [0.717, 1.165) is 24.8 Å². The number of rotatable bonds is 2. The Bertz CT molecular complexity index is 840. The predicted octanol–water partition coefficient (Wildman–Crippen LogP) is 3.85. The van der Waals surface area contributed by atoms with Crippen LogP contribution in [0.25, 0.3) is 10.9 Å². The monoisotopic (exact) mass is 338 g/mol. The van der Waals surface area contributed by atoms with Crippen LogP contribution < -0.4 is 4.74 Å². The fraction of sp³-hybridized carbons (Fsp3) is 0.571. The van der Waals surface area contributed by atoms with E-state index in [4.69, 9.17) is 4.74 Å². The van der Waals surface area contributed by atoms with Gasteiger partial charge < -0.3 is 9.72 Å². The second-order valence-corrected chi connectivity index (χ2v) is 8.17. The Morgan fingerprint density at radius 3 is 3.04 bits per heavy atom. The number of piperidine rings is 2. The highest BCUT2D eigenvalue weighted by Crippen LogP contribution is 2.51. The van der Waals surface area contributed by atoms with Gasteiger partial charge in [0.05, 0.1) is 0 Å². The summed E-state index contributed by atoms with van der Waals surface area (Å²) in [6, 6.07) is 6.72. The highest BCUT2D eigenvalue weighted by molar-refractivity contribution is 5.87. The molecule has 0 spiro atoms. The van der Waals surface area contributed by atoms with E-state index in [1.165, 1.54) is 54.9 Å². The van der Waals surface area contributed by atoms with Crippen LogP contribution in [0.2, 0.25) is 0 Å². The SMILES string of the molecule is CC[C@H]1C[C@@H]2C[C@H]3c4[nH]c5ccc(OC(C)=O)cc5c4CCN(C2)[C@@H]13. The van der Waals surface area contributed by atoms with Crippen LogP contribution >= 0.6 is 0 Å². The summed E-state index contributed by atoms with van der Waals surface area (Å²) in [7, 11) is 0. The molecule has 3 fully saturated rings. The summed E-state index contributed by atoms with van der Waals surface area (Å²) in [5, 5.41) is 1.24. The van der Waals surface area contributed by atoms with Crippen molar-refractivity contribution >= 4 is 16.9 Å². The molecular weight excluding hydrogens is 312 g/mol. The Morgan fingerprint density at radius 1 is 1.36 bits per heavy atom. The summed E-state index contributed by atoms with van der Waals surface area (Å²) in [6.45, 7) is 6.26. The van der Waals surface area contributed by atoms with Gasteiger partial charge in [0.15, 0.2) is 0 Å². The second-order valence-electron chi connectivity index (χ2n) is 8.17. The average molecular weight is 338 g/mol. The van der Waals surface area contributed by atoms with Crippen LogP contribution in [0.3, 0.4) is 0 Å². The lowest BCUT2D eigenvalue weighted by Crippen LogP contribution is -2.56. The van der Waals surface area contributed by atoms with Gasteiger partial charge in [0.1, 0.15) is 5.75 Å². The summed E-state index contributed by atoms with van der Waals surface area (Å²) in [6.07, 6.45) is 5.13. The lowest BCUT2D eigenvalue weighted by Gasteiger charge is -2.53. The van der Waals surface area contributed by atoms with Crippen LogP contribution in [0.5, 0.6) is 5.75 Å². The Kier molecular flexibility index (Phi) is 3.46. The molecule has 1 unspecified atom stereocenters. The van der Waals surface area contributed by atoms with E-state index >= 15 is 0 Å². The molecule has 25 heavy (non-hydrogen) atoms. The van der Waals surface area contributed by atoms with E-state index in [9.17, 15) is 4.79 Å². The van der Waals surface area contributed by atoms with E-state index in [1.54, 1.807) is 0 Å². The van der Waals surface area contributed by atoms with E-state index in [0.29, 0.717) is 17.7 Å². The normalized spacial score (nSPS) is 33.1. The standard InChI is InChI=1S/C21H26N2O2/c1-3-14-8-13-9-18-20-16(6-7-23(11-13)21(14)18)17-10-15(25-12(2)24)4-5-19(17)22-20/h4-5,10,13-14,18,21-22H,3,6-9,11H2,1-2H3/t13-,14+,18+,21+/m1/s1. The van der Waals surface area contributed by atoms with Crippen LogP contribution in [-0.2, 0) is 11.2 Å². The molecular formula is C21H26N2O2. The minimum Gasteiger partial charge on any atom is -0.427 e. The highest BCUT2D eigenvalue weighted by atomic mass is 16.5. The summed E-state index contributed by atoms with van der Waals surface area (Å²) < 4.78 is 5.32. The third-order valence-corrected chi connectivity index (χ3v) is 6.75. The molecule has 4 bridgehead atoms. The van der Waals surface area contributed by atoms with E-state index in [-0.39, 0.29) is 5.97 Å². The van der Waals surface area contributed by atoms with Crippen molar-refractivity contribution in [3.63, 3.8) is 0 Å². The van der Waals surface area contributed by atoms with Gasteiger partial charge in [-0.15, -0.1) is 0 Å². The van der Waals surface area contributed by atoms with Gasteiger partial charge in [0, 0.05) is 48.6 Å². The van der Waals surface area contributed by atoms with Crippen LogP contribution in [0.4, 0.5) is 0 Å². The number of fused-ring (bicyclic) bond motifs is 4.